The third-order valence-electron chi connectivity index (χ3n) is 2.97. The molecule has 2 rings (SSSR count). The Morgan fingerprint density at radius 3 is 2.68 bits per heavy atom. The molecule has 0 saturated carbocycles. The molecule has 1 aromatic heterocycles. The molecular weight excluding hydrogens is 280 g/mol. The van der Waals surface area contributed by atoms with Crippen molar-refractivity contribution in [3.05, 3.63) is 50.7 Å². The van der Waals surface area contributed by atoms with Crippen LogP contribution in [0.1, 0.15) is 34.5 Å². The number of primary amides is 1. The fourth-order valence-corrected chi connectivity index (χ4v) is 2.83. The van der Waals surface area contributed by atoms with Gasteiger partial charge in [-0.15, -0.1) is 11.3 Å². The van der Waals surface area contributed by atoms with E-state index < -0.39 is 5.91 Å². The van der Waals surface area contributed by atoms with Crippen LogP contribution in [0.25, 0.3) is 0 Å². The highest BCUT2D eigenvalue weighted by atomic mass is 35.5. The van der Waals surface area contributed by atoms with Crippen LogP contribution in [0.5, 0.6) is 0 Å². The van der Waals surface area contributed by atoms with E-state index in [1.54, 1.807) is 12.1 Å². The van der Waals surface area contributed by atoms with E-state index in [0.29, 0.717) is 5.56 Å². The van der Waals surface area contributed by atoms with Crippen molar-refractivity contribution in [1.82, 2.24) is 0 Å². The fraction of sp³-hybridized carbons (Fsp3) is 0.214. The van der Waals surface area contributed by atoms with Crippen LogP contribution in [0, 0.1) is 6.92 Å². The third kappa shape index (κ3) is 3.28. The second-order valence-electron chi connectivity index (χ2n) is 4.44. The number of hydrogen-bond acceptors (Lipinski definition) is 3. The highest BCUT2D eigenvalue weighted by Gasteiger charge is 2.10. The molecule has 0 aliphatic rings. The van der Waals surface area contributed by atoms with Gasteiger partial charge in [-0.1, -0.05) is 11.6 Å². The van der Waals surface area contributed by atoms with Crippen molar-refractivity contribution in [2.45, 2.75) is 19.9 Å². The highest BCUT2D eigenvalue weighted by Crippen LogP contribution is 2.28. The van der Waals surface area contributed by atoms with Gasteiger partial charge in [0, 0.05) is 17.3 Å². The monoisotopic (exact) mass is 294 g/mol. The minimum Gasteiger partial charge on any atom is -0.378 e. The summed E-state index contributed by atoms with van der Waals surface area (Å²) in [5.41, 5.74) is 8.90. The Labute approximate surface area is 121 Å². The Morgan fingerprint density at radius 1 is 1.42 bits per heavy atom. The first-order chi connectivity index (χ1) is 8.97. The molecule has 5 heteroatoms. The van der Waals surface area contributed by atoms with E-state index in [4.69, 9.17) is 17.3 Å². The van der Waals surface area contributed by atoms with Gasteiger partial charge in [-0.05, 0) is 54.6 Å². The van der Waals surface area contributed by atoms with Crippen molar-refractivity contribution in [2.24, 2.45) is 5.73 Å². The summed E-state index contributed by atoms with van der Waals surface area (Å²) in [6.45, 7) is 4.02. The van der Waals surface area contributed by atoms with E-state index >= 15 is 0 Å². The molecule has 1 aromatic carbocycles. The maximum atomic E-state index is 11.1. The van der Waals surface area contributed by atoms with Gasteiger partial charge in [-0.2, -0.15) is 0 Å². The van der Waals surface area contributed by atoms with E-state index in [0.717, 1.165) is 21.2 Å². The van der Waals surface area contributed by atoms with Gasteiger partial charge in [-0.3, -0.25) is 4.79 Å². The maximum Gasteiger partial charge on any atom is 0.248 e. The summed E-state index contributed by atoms with van der Waals surface area (Å²) in [7, 11) is 0. The van der Waals surface area contributed by atoms with Gasteiger partial charge < -0.3 is 11.1 Å². The molecule has 0 radical (unpaired) electrons. The predicted molar refractivity (Wildman–Crippen MR) is 81.1 cm³/mol. The lowest BCUT2D eigenvalue weighted by Gasteiger charge is -2.16. The van der Waals surface area contributed by atoms with Crippen molar-refractivity contribution < 1.29 is 4.79 Å². The summed E-state index contributed by atoms with van der Waals surface area (Å²) in [4.78, 5) is 11.1. The SMILES string of the molecule is Cc1cc(C(N)=O)ccc1NC(C)c1csc(Cl)c1. The predicted octanol–water partition coefficient (Wildman–Crippen LogP) is 3.98. The Morgan fingerprint density at radius 2 is 2.16 bits per heavy atom. The largest absolute Gasteiger partial charge is 0.378 e. The number of rotatable bonds is 4. The summed E-state index contributed by atoms with van der Waals surface area (Å²) >= 11 is 7.45. The van der Waals surface area contributed by atoms with Crippen LogP contribution in [0.4, 0.5) is 5.69 Å². The Hall–Kier alpha value is -1.52. The number of hydrogen-bond donors (Lipinski definition) is 2. The van der Waals surface area contributed by atoms with Crippen LogP contribution in [-0.4, -0.2) is 5.91 Å². The standard InChI is InChI=1S/C14H15ClN2OS/c1-8-5-10(14(16)18)3-4-12(8)17-9(2)11-6-13(15)19-7-11/h3-7,9,17H,1-2H3,(H2,16,18). The quantitative estimate of drug-likeness (QED) is 0.896. The van der Waals surface area contributed by atoms with Crippen LogP contribution >= 0.6 is 22.9 Å². The number of benzene rings is 1. The molecule has 1 unspecified atom stereocenters. The molecule has 0 spiro atoms. The van der Waals surface area contributed by atoms with Gasteiger partial charge in [0.25, 0.3) is 0 Å². The summed E-state index contributed by atoms with van der Waals surface area (Å²) in [6.07, 6.45) is 0. The molecule has 19 heavy (non-hydrogen) atoms. The summed E-state index contributed by atoms with van der Waals surface area (Å²) in [6, 6.07) is 7.50. The summed E-state index contributed by atoms with van der Waals surface area (Å²) in [5, 5.41) is 5.44. The molecule has 1 atom stereocenters. The van der Waals surface area contributed by atoms with Crippen molar-refractivity contribution in [2.75, 3.05) is 5.32 Å². The molecule has 0 aliphatic carbocycles. The first kappa shape index (κ1) is 13.9. The number of nitrogens with two attached hydrogens (primary N) is 1. The van der Waals surface area contributed by atoms with E-state index in [9.17, 15) is 4.79 Å². The average molecular weight is 295 g/mol. The molecule has 3 nitrogen and oxygen atoms in total. The number of thiophene rings is 1. The normalized spacial score (nSPS) is 12.2. The van der Waals surface area contributed by atoms with Gasteiger partial charge in [0.05, 0.1) is 4.34 Å². The summed E-state index contributed by atoms with van der Waals surface area (Å²) < 4.78 is 0.782. The zero-order valence-electron chi connectivity index (χ0n) is 10.7. The Balaban J connectivity index is 2.17. The second kappa shape index (κ2) is 5.63. The van der Waals surface area contributed by atoms with Gasteiger partial charge in [-0.25, -0.2) is 0 Å². The average Bonchev–Trinajstić information content (AvgIpc) is 2.78. The number of carbonyl (C=O) groups excluding carboxylic acids is 1. The zero-order valence-corrected chi connectivity index (χ0v) is 12.3. The van der Waals surface area contributed by atoms with Crippen LogP contribution in [0.3, 0.4) is 0 Å². The van der Waals surface area contributed by atoms with Crippen LogP contribution in [0.15, 0.2) is 29.6 Å². The van der Waals surface area contributed by atoms with Gasteiger partial charge in [0.1, 0.15) is 0 Å². The molecule has 0 bridgehead atoms. The first-order valence-electron chi connectivity index (χ1n) is 5.88. The molecule has 1 heterocycles. The van der Waals surface area contributed by atoms with Crippen molar-refractivity contribution in [1.29, 1.82) is 0 Å². The van der Waals surface area contributed by atoms with Gasteiger partial charge in [0.15, 0.2) is 0 Å². The molecule has 2 aromatic rings. The summed E-state index contributed by atoms with van der Waals surface area (Å²) in [5.74, 6) is -0.410. The number of aryl methyl sites for hydroxylation is 1. The molecule has 1 amide bonds. The lowest BCUT2D eigenvalue weighted by molar-refractivity contribution is 0.1000. The van der Waals surface area contributed by atoms with Crippen molar-refractivity contribution in [3.8, 4) is 0 Å². The van der Waals surface area contributed by atoms with Gasteiger partial charge >= 0.3 is 0 Å². The van der Waals surface area contributed by atoms with Crippen LogP contribution < -0.4 is 11.1 Å². The van der Waals surface area contributed by atoms with E-state index in [2.05, 4.69) is 12.2 Å². The number of carbonyl (C=O) groups is 1. The van der Waals surface area contributed by atoms with Crippen molar-refractivity contribution in [3.63, 3.8) is 0 Å². The maximum absolute atomic E-state index is 11.1. The Bertz CT molecular complexity index is 609. The Kier molecular flexibility index (Phi) is 4.12. The van der Waals surface area contributed by atoms with E-state index in [1.807, 2.05) is 24.4 Å². The second-order valence-corrected chi connectivity index (χ2v) is 5.99. The van der Waals surface area contributed by atoms with Crippen LogP contribution in [-0.2, 0) is 0 Å². The third-order valence-corrected chi connectivity index (χ3v) is 4.08. The molecule has 0 saturated heterocycles. The topological polar surface area (TPSA) is 55.1 Å². The van der Waals surface area contributed by atoms with E-state index in [-0.39, 0.29) is 6.04 Å². The van der Waals surface area contributed by atoms with E-state index in [1.165, 1.54) is 11.3 Å². The van der Waals surface area contributed by atoms with Gasteiger partial charge in [0.2, 0.25) is 5.91 Å². The molecule has 0 fully saturated rings. The molecule has 100 valence electrons. The minimum atomic E-state index is -0.410. The first-order valence-corrected chi connectivity index (χ1v) is 7.14. The number of nitrogens with one attached hydrogen (secondary N) is 1. The number of amides is 1. The number of halogens is 1. The zero-order chi connectivity index (χ0) is 14.0. The minimum absolute atomic E-state index is 0.155. The fourth-order valence-electron chi connectivity index (χ4n) is 1.85. The smallest absolute Gasteiger partial charge is 0.248 e. The molecular formula is C14H15ClN2OS. The molecule has 0 aliphatic heterocycles. The van der Waals surface area contributed by atoms with Crippen molar-refractivity contribution >= 4 is 34.5 Å². The van der Waals surface area contributed by atoms with Crippen LogP contribution in [0.2, 0.25) is 4.34 Å². The lowest BCUT2D eigenvalue weighted by atomic mass is 10.1. The number of anilines is 1. The molecule has 3 N–H and O–H groups in total. The highest BCUT2D eigenvalue weighted by molar-refractivity contribution is 7.14. The lowest BCUT2D eigenvalue weighted by Crippen LogP contribution is -2.12.